The highest BCUT2D eigenvalue weighted by Gasteiger charge is 2.15. The Morgan fingerprint density at radius 3 is 2.53 bits per heavy atom. The SMILES string of the molecule is O=C(Nc1ccc(F)c(F)c1F)c1ccc[nH]1. The number of nitrogens with one attached hydrogen (secondary N) is 2. The van der Waals surface area contributed by atoms with Gasteiger partial charge in [-0.15, -0.1) is 0 Å². The zero-order valence-electron chi connectivity index (χ0n) is 8.43. The number of hydrogen-bond donors (Lipinski definition) is 2. The van der Waals surface area contributed by atoms with Crippen molar-refractivity contribution >= 4 is 11.6 Å². The fraction of sp³-hybridized carbons (Fsp3) is 0. The second kappa shape index (κ2) is 4.32. The number of hydrogen-bond acceptors (Lipinski definition) is 1. The van der Waals surface area contributed by atoms with E-state index in [0.29, 0.717) is 0 Å². The summed E-state index contributed by atoms with van der Waals surface area (Å²) in [6.45, 7) is 0. The summed E-state index contributed by atoms with van der Waals surface area (Å²) in [4.78, 5) is 14.1. The molecule has 0 atom stereocenters. The van der Waals surface area contributed by atoms with E-state index < -0.39 is 29.0 Å². The second-order valence-electron chi connectivity index (χ2n) is 3.26. The van der Waals surface area contributed by atoms with Crippen LogP contribution in [-0.4, -0.2) is 10.9 Å². The van der Waals surface area contributed by atoms with Crippen molar-refractivity contribution in [1.82, 2.24) is 4.98 Å². The Morgan fingerprint density at radius 2 is 1.88 bits per heavy atom. The maximum atomic E-state index is 13.2. The van der Waals surface area contributed by atoms with Gasteiger partial charge < -0.3 is 10.3 Å². The number of aromatic nitrogens is 1. The third-order valence-electron chi connectivity index (χ3n) is 2.13. The number of halogens is 3. The minimum absolute atomic E-state index is 0.189. The van der Waals surface area contributed by atoms with Crippen molar-refractivity contribution in [2.75, 3.05) is 5.32 Å². The average Bonchev–Trinajstić information content (AvgIpc) is 2.83. The molecule has 2 N–H and O–H groups in total. The van der Waals surface area contributed by atoms with Gasteiger partial charge in [0, 0.05) is 6.20 Å². The third-order valence-corrected chi connectivity index (χ3v) is 2.13. The summed E-state index contributed by atoms with van der Waals surface area (Å²) >= 11 is 0. The van der Waals surface area contributed by atoms with Gasteiger partial charge in [-0.05, 0) is 24.3 Å². The molecule has 2 rings (SSSR count). The zero-order valence-corrected chi connectivity index (χ0v) is 8.43. The normalized spacial score (nSPS) is 10.3. The smallest absolute Gasteiger partial charge is 0.272 e. The van der Waals surface area contributed by atoms with E-state index in [2.05, 4.69) is 10.3 Å². The number of benzene rings is 1. The van der Waals surface area contributed by atoms with Crippen molar-refractivity contribution in [2.45, 2.75) is 0 Å². The lowest BCUT2D eigenvalue weighted by molar-refractivity contribution is 0.102. The Kier molecular flexibility index (Phi) is 2.86. The standard InChI is InChI=1S/C11H7F3N2O/c12-6-3-4-7(10(14)9(6)13)16-11(17)8-2-1-5-15-8/h1-5,15H,(H,16,17). The van der Waals surface area contributed by atoms with Gasteiger partial charge in [0.2, 0.25) is 0 Å². The van der Waals surface area contributed by atoms with E-state index in [4.69, 9.17) is 0 Å². The summed E-state index contributed by atoms with van der Waals surface area (Å²) in [6, 6.07) is 4.74. The van der Waals surface area contributed by atoms with Crippen molar-refractivity contribution in [1.29, 1.82) is 0 Å². The number of H-pyrrole nitrogens is 1. The molecule has 3 nitrogen and oxygen atoms in total. The van der Waals surface area contributed by atoms with Crippen LogP contribution in [0.2, 0.25) is 0 Å². The molecule has 6 heteroatoms. The zero-order chi connectivity index (χ0) is 12.4. The maximum Gasteiger partial charge on any atom is 0.272 e. The van der Waals surface area contributed by atoms with E-state index >= 15 is 0 Å². The van der Waals surface area contributed by atoms with Crippen LogP contribution in [-0.2, 0) is 0 Å². The number of carbonyl (C=O) groups excluding carboxylic acids is 1. The molecule has 2 aromatic rings. The van der Waals surface area contributed by atoms with Gasteiger partial charge in [-0.3, -0.25) is 4.79 Å². The van der Waals surface area contributed by atoms with Crippen LogP contribution >= 0.6 is 0 Å². The Hall–Kier alpha value is -2.24. The fourth-order valence-electron chi connectivity index (χ4n) is 1.28. The molecule has 0 saturated carbocycles. The molecule has 0 spiro atoms. The molecule has 0 aliphatic carbocycles. The van der Waals surface area contributed by atoms with Gasteiger partial charge in [-0.2, -0.15) is 0 Å². The molecule has 0 saturated heterocycles. The lowest BCUT2D eigenvalue weighted by Gasteiger charge is -2.06. The van der Waals surface area contributed by atoms with Crippen LogP contribution in [0.1, 0.15) is 10.5 Å². The highest BCUT2D eigenvalue weighted by molar-refractivity contribution is 6.02. The Bertz CT molecular complexity index is 552. The minimum Gasteiger partial charge on any atom is -0.357 e. The number of amides is 1. The predicted molar refractivity (Wildman–Crippen MR) is 55.1 cm³/mol. The first-order valence-corrected chi connectivity index (χ1v) is 4.68. The highest BCUT2D eigenvalue weighted by Crippen LogP contribution is 2.20. The summed E-state index contributed by atoms with van der Waals surface area (Å²) in [5, 5.41) is 2.13. The number of aromatic amines is 1. The molecule has 1 aromatic carbocycles. The van der Waals surface area contributed by atoms with Crippen LogP contribution in [0, 0.1) is 17.5 Å². The molecule has 1 heterocycles. The van der Waals surface area contributed by atoms with E-state index in [1.165, 1.54) is 12.3 Å². The summed E-state index contributed by atoms with van der Waals surface area (Å²) < 4.78 is 38.7. The van der Waals surface area contributed by atoms with E-state index in [9.17, 15) is 18.0 Å². The molecule has 0 aliphatic rings. The van der Waals surface area contributed by atoms with Gasteiger partial charge in [0.1, 0.15) is 5.69 Å². The van der Waals surface area contributed by atoms with E-state index in [1.807, 2.05) is 0 Å². The first-order chi connectivity index (χ1) is 8.09. The average molecular weight is 240 g/mol. The summed E-state index contributed by atoms with van der Waals surface area (Å²) in [5.41, 5.74) is -0.224. The van der Waals surface area contributed by atoms with E-state index in [1.54, 1.807) is 6.07 Å². The Morgan fingerprint density at radius 1 is 1.12 bits per heavy atom. The molecular formula is C11H7F3N2O. The van der Waals surface area contributed by atoms with Crippen molar-refractivity contribution in [2.24, 2.45) is 0 Å². The lowest BCUT2D eigenvalue weighted by atomic mass is 10.2. The van der Waals surface area contributed by atoms with Crippen LogP contribution < -0.4 is 5.32 Å². The van der Waals surface area contributed by atoms with Crippen molar-refractivity contribution < 1.29 is 18.0 Å². The molecule has 0 fully saturated rings. The van der Waals surface area contributed by atoms with Gasteiger partial charge in [-0.1, -0.05) is 0 Å². The van der Waals surface area contributed by atoms with Crippen molar-refractivity contribution in [3.05, 3.63) is 53.6 Å². The van der Waals surface area contributed by atoms with Crippen LogP contribution in [0.5, 0.6) is 0 Å². The fourth-order valence-corrected chi connectivity index (χ4v) is 1.28. The van der Waals surface area contributed by atoms with Gasteiger partial charge in [-0.25, -0.2) is 13.2 Å². The maximum absolute atomic E-state index is 13.2. The summed E-state index contributed by atoms with van der Waals surface area (Å²) in [7, 11) is 0. The topological polar surface area (TPSA) is 44.9 Å². The van der Waals surface area contributed by atoms with E-state index in [-0.39, 0.29) is 5.69 Å². The number of carbonyl (C=O) groups is 1. The van der Waals surface area contributed by atoms with Crippen molar-refractivity contribution in [3.63, 3.8) is 0 Å². The molecule has 1 aromatic heterocycles. The Labute approximate surface area is 94.3 Å². The van der Waals surface area contributed by atoms with Gasteiger partial charge in [0.25, 0.3) is 5.91 Å². The number of anilines is 1. The highest BCUT2D eigenvalue weighted by atomic mass is 19.2. The Balaban J connectivity index is 2.25. The first kappa shape index (κ1) is 11.3. The lowest BCUT2D eigenvalue weighted by Crippen LogP contribution is -2.14. The minimum atomic E-state index is -1.62. The van der Waals surface area contributed by atoms with Crippen LogP contribution in [0.3, 0.4) is 0 Å². The van der Waals surface area contributed by atoms with Gasteiger partial charge in [0.05, 0.1) is 5.69 Å². The second-order valence-corrected chi connectivity index (χ2v) is 3.26. The molecule has 17 heavy (non-hydrogen) atoms. The molecular weight excluding hydrogens is 233 g/mol. The summed E-state index contributed by atoms with van der Waals surface area (Å²) in [5.74, 6) is -4.99. The summed E-state index contributed by atoms with van der Waals surface area (Å²) in [6.07, 6.45) is 1.51. The van der Waals surface area contributed by atoms with Gasteiger partial charge in [0.15, 0.2) is 17.5 Å². The van der Waals surface area contributed by atoms with Crippen LogP contribution in [0.4, 0.5) is 18.9 Å². The third kappa shape index (κ3) is 2.15. The first-order valence-electron chi connectivity index (χ1n) is 4.68. The molecule has 0 unspecified atom stereocenters. The van der Waals surface area contributed by atoms with Crippen molar-refractivity contribution in [3.8, 4) is 0 Å². The predicted octanol–water partition coefficient (Wildman–Crippen LogP) is 2.68. The number of rotatable bonds is 2. The molecule has 88 valence electrons. The molecule has 1 amide bonds. The van der Waals surface area contributed by atoms with Crippen LogP contribution in [0.15, 0.2) is 30.5 Å². The van der Waals surface area contributed by atoms with Gasteiger partial charge >= 0.3 is 0 Å². The molecule has 0 bridgehead atoms. The monoisotopic (exact) mass is 240 g/mol. The van der Waals surface area contributed by atoms with E-state index in [0.717, 1.165) is 12.1 Å². The van der Waals surface area contributed by atoms with Crippen LogP contribution in [0.25, 0.3) is 0 Å². The molecule has 0 radical (unpaired) electrons. The largest absolute Gasteiger partial charge is 0.357 e. The quantitative estimate of drug-likeness (QED) is 0.779. The molecule has 0 aliphatic heterocycles.